The fraction of sp³-hybridized carbons (Fsp3) is 0.500. The van der Waals surface area contributed by atoms with E-state index in [1.807, 2.05) is 12.1 Å². The summed E-state index contributed by atoms with van der Waals surface area (Å²) < 4.78 is 37.0. The maximum absolute atomic E-state index is 13.2. The van der Waals surface area contributed by atoms with Crippen molar-refractivity contribution in [3.05, 3.63) is 30.6 Å². The number of aromatic nitrogens is 1. The lowest BCUT2D eigenvalue weighted by molar-refractivity contribution is -0.192. The second-order valence-electron chi connectivity index (χ2n) is 8.96. The number of halogens is 3. The topological polar surface area (TPSA) is 204 Å². The monoisotopic (exact) mass is 602 g/mol. The van der Waals surface area contributed by atoms with Crippen LogP contribution < -0.4 is 10.6 Å². The van der Waals surface area contributed by atoms with Gasteiger partial charge >= 0.3 is 18.1 Å². The van der Waals surface area contributed by atoms with Crippen LogP contribution in [0, 0.1) is 0 Å². The van der Waals surface area contributed by atoms with Gasteiger partial charge in [-0.2, -0.15) is 13.2 Å². The molecule has 3 rings (SSSR count). The van der Waals surface area contributed by atoms with Crippen molar-refractivity contribution in [3.8, 4) is 0 Å². The Labute approximate surface area is 236 Å². The number of ether oxygens (including phenoxy) is 1. The Bertz CT molecular complexity index is 1200. The Morgan fingerprint density at radius 1 is 1.12 bits per heavy atom. The first-order valence-electron chi connectivity index (χ1n) is 12.3. The number of rotatable bonds is 8. The highest BCUT2D eigenvalue weighted by atomic mass is 19.4. The fourth-order valence-corrected chi connectivity index (χ4v) is 4.27. The molecule has 3 amide bonds. The molecule has 1 aromatic rings. The molecule has 0 saturated carbocycles. The number of hydrogen-bond donors (Lipinski definition) is 3. The van der Waals surface area contributed by atoms with Crippen molar-refractivity contribution in [1.29, 1.82) is 0 Å². The minimum Gasteiger partial charge on any atom is -0.480 e. The van der Waals surface area contributed by atoms with Crippen LogP contribution in [-0.4, -0.2) is 136 Å². The van der Waals surface area contributed by atoms with Crippen molar-refractivity contribution in [2.45, 2.75) is 24.4 Å². The fourth-order valence-electron chi connectivity index (χ4n) is 4.27. The average Bonchev–Trinajstić information content (AvgIpc) is 2.95. The van der Waals surface area contributed by atoms with E-state index in [0.29, 0.717) is 32.3 Å². The first-order chi connectivity index (χ1) is 19.7. The highest BCUT2D eigenvalue weighted by Crippen LogP contribution is 2.27. The molecule has 0 aliphatic carbocycles. The van der Waals surface area contributed by atoms with Gasteiger partial charge in [0, 0.05) is 64.5 Å². The highest BCUT2D eigenvalue weighted by Gasteiger charge is 2.52. The second-order valence-corrected chi connectivity index (χ2v) is 8.96. The van der Waals surface area contributed by atoms with Crippen molar-refractivity contribution in [1.82, 2.24) is 19.7 Å². The van der Waals surface area contributed by atoms with E-state index >= 15 is 0 Å². The van der Waals surface area contributed by atoms with Crippen LogP contribution in [0.4, 0.5) is 18.9 Å². The molecular formula is C24H29F3N6O9. The zero-order valence-electron chi connectivity index (χ0n) is 22.3. The van der Waals surface area contributed by atoms with Gasteiger partial charge in [0.05, 0.1) is 18.5 Å². The first kappa shape index (κ1) is 33.7. The molecule has 0 unspecified atom stereocenters. The average molecular weight is 603 g/mol. The summed E-state index contributed by atoms with van der Waals surface area (Å²) in [5.74, 6) is -4.56. The Balaban J connectivity index is 0.000000782. The number of methoxy groups -OCH3 is 1. The SMILES string of the molecule is CO[C@]1(C=C=O)C(=O)N(CC(=O)O)CCN1C(=O)[C@@H](N)CC(=O)N1CCN(c2ccncc2)CC1.O=C(O)C(F)(F)F. The molecule has 2 fully saturated rings. The third kappa shape index (κ3) is 8.25. The van der Waals surface area contributed by atoms with Crippen molar-refractivity contribution in [2.24, 2.45) is 5.73 Å². The van der Waals surface area contributed by atoms with E-state index in [1.54, 1.807) is 17.3 Å². The minimum absolute atomic E-state index is 0.105. The number of nitrogens with two attached hydrogens (primary N) is 1. The number of carbonyl (C=O) groups excluding carboxylic acids is 4. The molecule has 42 heavy (non-hydrogen) atoms. The van der Waals surface area contributed by atoms with Crippen LogP contribution in [0.1, 0.15) is 6.42 Å². The highest BCUT2D eigenvalue weighted by molar-refractivity contribution is 5.98. The molecule has 0 radical (unpaired) electrons. The maximum Gasteiger partial charge on any atom is 0.490 e. The Kier molecular flexibility index (Phi) is 11.5. The molecule has 2 aliphatic heterocycles. The number of nitrogens with zero attached hydrogens (tertiary/aromatic N) is 5. The standard InChI is InChI=1S/C22H28N6O7.C2HF3O2/c1-35-22(4-13-29)21(34)27(15-19(31)32)11-12-28(22)20(33)17(23)14-18(30)26-9-7-25(8-10-26)16-2-5-24-6-3-16;3-2(4,5)1(6)7/h2-6,17H,7-12,14-15,23H2,1H3,(H,31,32);(H,6,7)/t17-,22+;/m0./s1. The number of carbonyl (C=O) groups is 5. The van der Waals surface area contributed by atoms with Gasteiger partial charge in [-0.1, -0.05) is 0 Å². The molecule has 1 aromatic heterocycles. The van der Waals surface area contributed by atoms with Crippen LogP contribution in [0.3, 0.4) is 0 Å². The Morgan fingerprint density at radius 3 is 2.17 bits per heavy atom. The van der Waals surface area contributed by atoms with E-state index in [-0.39, 0.29) is 25.4 Å². The van der Waals surface area contributed by atoms with Gasteiger partial charge < -0.3 is 35.4 Å². The quantitative estimate of drug-likeness (QED) is 0.293. The van der Waals surface area contributed by atoms with E-state index in [2.05, 4.69) is 9.88 Å². The molecule has 2 aliphatic rings. The van der Waals surface area contributed by atoms with Crippen LogP contribution in [0.25, 0.3) is 0 Å². The van der Waals surface area contributed by atoms with E-state index in [0.717, 1.165) is 22.6 Å². The molecular weight excluding hydrogens is 573 g/mol. The number of alkyl halides is 3. The predicted octanol–water partition coefficient (Wildman–Crippen LogP) is -1.43. The van der Waals surface area contributed by atoms with Crippen molar-refractivity contribution in [2.75, 3.05) is 57.8 Å². The normalized spacial score (nSPS) is 19.7. The predicted molar refractivity (Wildman–Crippen MR) is 135 cm³/mol. The summed E-state index contributed by atoms with van der Waals surface area (Å²) >= 11 is 0. The number of anilines is 1. The largest absolute Gasteiger partial charge is 0.490 e. The van der Waals surface area contributed by atoms with E-state index in [1.165, 1.54) is 5.94 Å². The summed E-state index contributed by atoms with van der Waals surface area (Å²) in [5, 5.41) is 16.2. The molecule has 230 valence electrons. The van der Waals surface area contributed by atoms with Crippen LogP contribution in [0.15, 0.2) is 30.6 Å². The number of carboxylic acid groups (broad SMARTS) is 2. The summed E-state index contributed by atoms with van der Waals surface area (Å²) in [6.07, 6.45) is -1.27. The lowest BCUT2D eigenvalue weighted by Gasteiger charge is -2.46. The lowest BCUT2D eigenvalue weighted by atomic mass is 10.0. The van der Waals surface area contributed by atoms with E-state index in [4.69, 9.17) is 25.5 Å². The molecule has 18 heteroatoms. The van der Waals surface area contributed by atoms with E-state index in [9.17, 15) is 37.1 Å². The summed E-state index contributed by atoms with van der Waals surface area (Å²) in [5.41, 5.74) is 4.88. The van der Waals surface area contributed by atoms with Crippen molar-refractivity contribution in [3.63, 3.8) is 0 Å². The van der Waals surface area contributed by atoms with Gasteiger partial charge in [-0.05, 0) is 12.1 Å². The molecule has 4 N–H and O–H groups in total. The third-order valence-corrected chi connectivity index (χ3v) is 6.36. The van der Waals surface area contributed by atoms with Crippen molar-refractivity contribution >= 4 is 41.3 Å². The maximum atomic E-state index is 13.2. The number of piperazine rings is 2. The van der Waals surface area contributed by atoms with Gasteiger partial charge in [0.25, 0.3) is 11.6 Å². The van der Waals surface area contributed by atoms with Gasteiger partial charge in [0.2, 0.25) is 11.8 Å². The second kappa shape index (κ2) is 14.4. The molecule has 2 atom stereocenters. The lowest BCUT2D eigenvalue weighted by Crippen LogP contribution is -2.69. The summed E-state index contributed by atoms with van der Waals surface area (Å²) in [6.45, 7) is 1.23. The summed E-state index contributed by atoms with van der Waals surface area (Å²) in [6, 6.07) is 2.48. The molecule has 15 nitrogen and oxygen atoms in total. The Hall–Kier alpha value is -4.54. The minimum atomic E-state index is -5.08. The molecule has 0 bridgehead atoms. The van der Waals surface area contributed by atoms with Gasteiger partial charge in [-0.3, -0.25) is 29.1 Å². The number of aliphatic carboxylic acids is 2. The van der Waals surface area contributed by atoms with Crippen LogP contribution >= 0.6 is 0 Å². The van der Waals surface area contributed by atoms with Crippen LogP contribution in [-0.2, 0) is 33.5 Å². The molecule has 3 heterocycles. The van der Waals surface area contributed by atoms with Gasteiger partial charge in [0.1, 0.15) is 12.5 Å². The van der Waals surface area contributed by atoms with Crippen LogP contribution in [0.2, 0.25) is 0 Å². The molecule has 0 spiro atoms. The Morgan fingerprint density at radius 2 is 1.69 bits per heavy atom. The number of pyridine rings is 1. The number of amides is 3. The van der Waals surface area contributed by atoms with Gasteiger partial charge in [0.15, 0.2) is 0 Å². The molecule has 0 aromatic carbocycles. The number of hydrogen-bond acceptors (Lipinski definition) is 10. The smallest absolute Gasteiger partial charge is 0.480 e. The zero-order valence-corrected chi connectivity index (χ0v) is 22.3. The van der Waals surface area contributed by atoms with Gasteiger partial charge in [-0.15, -0.1) is 0 Å². The number of carboxylic acids is 2. The summed E-state index contributed by atoms with van der Waals surface area (Å²) in [7, 11) is 1.11. The van der Waals surface area contributed by atoms with Crippen LogP contribution in [0.5, 0.6) is 0 Å². The van der Waals surface area contributed by atoms with Crippen molar-refractivity contribution < 1.29 is 56.9 Å². The van der Waals surface area contributed by atoms with E-state index < -0.39 is 48.2 Å². The van der Waals surface area contributed by atoms with Gasteiger partial charge in [-0.25, -0.2) is 9.59 Å². The summed E-state index contributed by atoms with van der Waals surface area (Å²) in [4.78, 5) is 79.8. The molecule has 2 saturated heterocycles. The third-order valence-electron chi connectivity index (χ3n) is 6.36. The first-order valence-corrected chi connectivity index (χ1v) is 12.3. The zero-order chi connectivity index (χ0) is 31.7.